The number of nitrogens with zero attached hydrogens (tertiary/aromatic N) is 1. The molecule has 0 aliphatic heterocycles. The number of benzene rings is 4. The zero-order valence-corrected chi connectivity index (χ0v) is 15.4. The maximum atomic E-state index is 2.41. The fourth-order valence-electron chi connectivity index (χ4n) is 4.07. The first-order valence-corrected chi connectivity index (χ1v) is 9.52. The number of hydrogen-bond acceptors (Lipinski definition) is 0. The molecule has 0 saturated heterocycles. The van der Waals surface area contributed by atoms with Crippen molar-refractivity contribution in [3.63, 3.8) is 0 Å². The molecule has 1 heterocycles. The van der Waals surface area contributed by atoms with Crippen molar-refractivity contribution in [3.8, 4) is 22.3 Å². The van der Waals surface area contributed by atoms with Crippen molar-refractivity contribution < 1.29 is 0 Å². The maximum absolute atomic E-state index is 2.41. The highest BCUT2D eigenvalue weighted by atomic mass is 15.0. The molecule has 0 amide bonds. The van der Waals surface area contributed by atoms with Gasteiger partial charge in [-0.25, -0.2) is 0 Å². The molecule has 1 heteroatoms. The fraction of sp³-hybridized carbons (Fsp3) is 0.0769. The van der Waals surface area contributed by atoms with Crippen LogP contribution in [-0.4, -0.2) is 4.57 Å². The topological polar surface area (TPSA) is 4.93 Å². The van der Waals surface area contributed by atoms with E-state index in [4.69, 9.17) is 0 Å². The minimum absolute atomic E-state index is 0.968. The monoisotopic (exact) mass is 347 g/mol. The van der Waals surface area contributed by atoms with Gasteiger partial charge in [-0.3, -0.25) is 0 Å². The van der Waals surface area contributed by atoms with E-state index in [0.717, 1.165) is 6.54 Å². The maximum Gasteiger partial charge on any atom is 0.0491 e. The lowest BCUT2D eigenvalue weighted by atomic mass is 10.0. The van der Waals surface area contributed by atoms with Crippen LogP contribution in [0.3, 0.4) is 0 Å². The molecule has 1 nitrogen and oxygen atoms in total. The lowest BCUT2D eigenvalue weighted by Gasteiger charge is -2.05. The molecule has 0 bridgehead atoms. The fourth-order valence-corrected chi connectivity index (χ4v) is 4.07. The number of fused-ring (bicyclic) bond motifs is 3. The molecule has 0 atom stereocenters. The van der Waals surface area contributed by atoms with Crippen LogP contribution >= 0.6 is 0 Å². The molecule has 0 unspecified atom stereocenters. The molecule has 0 fully saturated rings. The largest absolute Gasteiger partial charge is 0.341 e. The summed E-state index contributed by atoms with van der Waals surface area (Å²) >= 11 is 0. The number of rotatable bonds is 3. The van der Waals surface area contributed by atoms with E-state index in [1.807, 2.05) is 0 Å². The highest BCUT2D eigenvalue weighted by molar-refractivity contribution is 6.10. The first-order chi connectivity index (χ1) is 13.3. The van der Waals surface area contributed by atoms with E-state index >= 15 is 0 Å². The Kier molecular flexibility index (Phi) is 3.79. The summed E-state index contributed by atoms with van der Waals surface area (Å²) in [5, 5.41) is 2.65. The molecule has 1 aromatic heterocycles. The zero-order valence-electron chi connectivity index (χ0n) is 15.4. The summed E-state index contributed by atoms with van der Waals surface area (Å²) in [7, 11) is 0. The molecule has 5 rings (SSSR count). The highest BCUT2D eigenvalue weighted by Crippen LogP contribution is 2.35. The number of hydrogen-bond donors (Lipinski definition) is 0. The van der Waals surface area contributed by atoms with Crippen molar-refractivity contribution in [3.05, 3.63) is 97.1 Å². The molecule has 0 radical (unpaired) electrons. The van der Waals surface area contributed by atoms with Gasteiger partial charge in [0.25, 0.3) is 0 Å². The molecule has 0 aliphatic carbocycles. The van der Waals surface area contributed by atoms with E-state index in [0.29, 0.717) is 0 Å². The Morgan fingerprint density at radius 2 is 0.963 bits per heavy atom. The first-order valence-electron chi connectivity index (χ1n) is 9.52. The van der Waals surface area contributed by atoms with Crippen molar-refractivity contribution >= 4 is 21.8 Å². The van der Waals surface area contributed by atoms with Crippen molar-refractivity contribution in [2.75, 3.05) is 0 Å². The molecule has 5 aromatic rings. The predicted octanol–water partition coefficient (Wildman–Crippen LogP) is 7.15. The van der Waals surface area contributed by atoms with Crippen LogP contribution in [0.15, 0.2) is 97.1 Å². The van der Waals surface area contributed by atoms with E-state index in [1.165, 1.54) is 44.1 Å². The second kappa shape index (κ2) is 6.44. The minimum atomic E-state index is 0.968. The van der Waals surface area contributed by atoms with Gasteiger partial charge in [0, 0.05) is 28.4 Å². The van der Waals surface area contributed by atoms with E-state index < -0.39 is 0 Å². The van der Waals surface area contributed by atoms with Crippen LogP contribution < -0.4 is 0 Å². The van der Waals surface area contributed by atoms with Crippen LogP contribution in [0.1, 0.15) is 6.92 Å². The SMILES string of the molecule is CCn1c2ccc(-c3ccccc3)cc2c2cc(-c3ccccc3)ccc21. The van der Waals surface area contributed by atoms with Gasteiger partial charge in [0.1, 0.15) is 0 Å². The van der Waals surface area contributed by atoms with E-state index in [9.17, 15) is 0 Å². The molecule has 0 saturated carbocycles. The Bertz CT molecular complexity index is 1130. The molecule has 27 heavy (non-hydrogen) atoms. The van der Waals surface area contributed by atoms with E-state index in [1.54, 1.807) is 0 Å². The summed E-state index contributed by atoms with van der Waals surface area (Å²) in [5.74, 6) is 0. The molecule has 0 spiro atoms. The number of aryl methyl sites for hydroxylation is 1. The highest BCUT2D eigenvalue weighted by Gasteiger charge is 2.12. The van der Waals surface area contributed by atoms with Gasteiger partial charge < -0.3 is 4.57 Å². The van der Waals surface area contributed by atoms with E-state index in [-0.39, 0.29) is 0 Å². The van der Waals surface area contributed by atoms with Gasteiger partial charge in [-0.05, 0) is 53.4 Å². The van der Waals surface area contributed by atoms with Crippen molar-refractivity contribution in [1.82, 2.24) is 4.57 Å². The summed E-state index contributed by atoms with van der Waals surface area (Å²) < 4.78 is 2.41. The predicted molar refractivity (Wildman–Crippen MR) is 116 cm³/mol. The van der Waals surface area contributed by atoms with Crippen LogP contribution in [0.2, 0.25) is 0 Å². The van der Waals surface area contributed by atoms with Gasteiger partial charge in [0.15, 0.2) is 0 Å². The third kappa shape index (κ3) is 2.63. The van der Waals surface area contributed by atoms with Gasteiger partial charge in [-0.1, -0.05) is 72.8 Å². The second-order valence-corrected chi connectivity index (χ2v) is 6.94. The normalized spacial score (nSPS) is 11.3. The summed E-state index contributed by atoms with van der Waals surface area (Å²) in [6, 6.07) is 34.9. The Balaban J connectivity index is 1.79. The lowest BCUT2D eigenvalue weighted by molar-refractivity contribution is 0.827. The molecule has 0 aliphatic rings. The second-order valence-electron chi connectivity index (χ2n) is 6.94. The molecular weight excluding hydrogens is 326 g/mol. The standard InChI is InChI=1S/C26H21N/c1-2-27-25-15-13-21(19-9-5-3-6-10-19)17-23(25)24-18-22(14-16-26(24)27)20-11-7-4-8-12-20/h3-18H,2H2,1H3. The Hall–Kier alpha value is -3.32. The minimum Gasteiger partial charge on any atom is -0.341 e. The lowest BCUT2D eigenvalue weighted by Crippen LogP contribution is -1.92. The smallest absolute Gasteiger partial charge is 0.0491 e. The van der Waals surface area contributed by atoms with Crippen LogP contribution in [0.4, 0.5) is 0 Å². The Labute approximate surface area is 159 Å². The van der Waals surface area contributed by atoms with Crippen molar-refractivity contribution in [2.45, 2.75) is 13.5 Å². The quantitative estimate of drug-likeness (QED) is 0.326. The van der Waals surface area contributed by atoms with Crippen LogP contribution in [-0.2, 0) is 6.54 Å². The van der Waals surface area contributed by atoms with Crippen molar-refractivity contribution in [1.29, 1.82) is 0 Å². The van der Waals surface area contributed by atoms with Gasteiger partial charge in [0.05, 0.1) is 0 Å². The van der Waals surface area contributed by atoms with E-state index in [2.05, 4.69) is 109 Å². The number of aromatic nitrogens is 1. The van der Waals surface area contributed by atoms with Crippen LogP contribution in [0, 0.1) is 0 Å². The Morgan fingerprint density at radius 3 is 1.37 bits per heavy atom. The van der Waals surface area contributed by atoms with Gasteiger partial charge in [0.2, 0.25) is 0 Å². The zero-order chi connectivity index (χ0) is 18.2. The van der Waals surface area contributed by atoms with Gasteiger partial charge in [-0.15, -0.1) is 0 Å². The summed E-state index contributed by atoms with van der Waals surface area (Å²) in [6.07, 6.45) is 0. The van der Waals surface area contributed by atoms with Crippen LogP contribution in [0.5, 0.6) is 0 Å². The third-order valence-corrected chi connectivity index (χ3v) is 5.40. The van der Waals surface area contributed by atoms with Gasteiger partial charge >= 0.3 is 0 Å². The first kappa shape index (κ1) is 15.9. The third-order valence-electron chi connectivity index (χ3n) is 5.40. The summed E-state index contributed by atoms with van der Waals surface area (Å²) in [6.45, 7) is 3.18. The average molecular weight is 347 g/mol. The van der Waals surface area contributed by atoms with Crippen LogP contribution in [0.25, 0.3) is 44.1 Å². The molecular formula is C26H21N. The summed E-state index contributed by atoms with van der Waals surface area (Å²) in [4.78, 5) is 0. The molecule has 130 valence electrons. The Morgan fingerprint density at radius 1 is 0.519 bits per heavy atom. The molecule has 4 aromatic carbocycles. The van der Waals surface area contributed by atoms with Crippen molar-refractivity contribution in [2.24, 2.45) is 0 Å². The molecule has 0 N–H and O–H groups in total. The average Bonchev–Trinajstić information content (AvgIpc) is 3.07. The summed E-state index contributed by atoms with van der Waals surface area (Å²) in [5.41, 5.74) is 7.66. The van der Waals surface area contributed by atoms with Gasteiger partial charge in [-0.2, -0.15) is 0 Å².